The second-order valence-corrected chi connectivity index (χ2v) is 7.26. The second kappa shape index (κ2) is 4.79. The lowest BCUT2D eigenvalue weighted by Gasteiger charge is -2.18. The zero-order valence-electron chi connectivity index (χ0n) is 10.5. The molecule has 0 aromatic carbocycles. The highest BCUT2D eigenvalue weighted by molar-refractivity contribution is 8.13. The lowest BCUT2D eigenvalue weighted by molar-refractivity contribution is 0.0824. The van der Waals surface area contributed by atoms with Crippen LogP contribution in [0.3, 0.4) is 0 Å². The van der Waals surface area contributed by atoms with Crippen LogP contribution in [0.1, 0.15) is 45.2 Å². The maximum absolute atomic E-state index is 11.5. The average molecular weight is 294 g/mol. The van der Waals surface area contributed by atoms with Crippen molar-refractivity contribution in [1.82, 2.24) is 14.8 Å². The smallest absolute Gasteiger partial charge is 0.296 e. The number of halogens is 1. The van der Waals surface area contributed by atoms with Gasteiger partial charge in [0, 0.05) is 23.3 Å². The van der Waals surface area contributed by atoms with Crippen LogP contribution >= 0.6 is 10.7 Å². The lowest BCUT2D eigenvalue weighted by Crippen LogP contribution is -2.16. The molecule has 18 heavy (non-hydrogen) atoms. The number of aromatic nitrogens is 3. The number of nitrogens with zero attached hydrogens (tertiary/aromatic N) is 3. The van der Waals surface area contributed by atoms with Gasteiger partial charge in [-0.25, -0.2) is 8.42 Å². The number of ether oxygens (including phenoxy) is 1. The summed E-state index contributed by atoms with van der Waals surface area (Å²) < 4.78 is 30.1. The van der Waals surface area contributed by atoms with Gasteiger partial charge in [-0.15, -0.1) is 10.2 Å². The molecule has 8 heteroatoms. The first-order valence-electron chi connectivity index (χ1n) is 5.83. The van der Waals surface area contributed by atoms with Crippen LogP contribution < -0.4 is 0 Å². The van der Waals surface area contributed by atoms with Crippen molar-refractivity contribution >= 4 is 19.7 Å². The van der Waals surface area contributed by atoms with Crippen LogP contribution in [-0.4, -0.2) is 29.8 Å². The minimum absolute atomic E-state index is 0.102. The van der Waals surface area contributed by atoms with Crippen LogP contribution in [0.4, 0.5) is 0 Å². The normalized spacial score (nSPS) is 24.9. The van der Waals surface area contributed by atoms with Crippen LogP contribution in [0.25, 0.3) is 0 Å². The molecule has 102 valence electrons. The van der Waals surface area contributed by atoms with Crippen LogP contribution in [-0.2, 0) is 13.8 Å². The fourth-order valence-corrected chi connectivity index (χ4v) is 3.15. The molecular formula is C10H16ClN3O3S. The highest BCUT2D eigenvalue weighted by Gasteiger charge is 2.34. The van der Waals surface area contributed by atoms with Crippen molar-refractivity contribution in [3.8, 4) is 0 Å². The van der Waals surface area contributed by atoms with Crippen molar-refractivity contribution in [2.24, 2.45) is 5.92 Å². The van der Waals surface area contributed by atoms with Gasteiger partial charge in [0.05, 0.1) is 0 Å². The molecule has 6 nitrogen and oxygen atoms in total. The molecule has 0 saturated carbocycles. The van der Waals surface area contributed by atoms with Gasteiger partial charge in [-0.05, 0) is 26.2 Å². The van der Waals surface area contributed by atoms with Crippen molar-refractivity contribution in [2.45, 2.75) is 44.5 Å². The highest BCUT2D eigenvalue weighted by Crippen LogP contribution is 2.35. The minimum Gasteiger partial charge on any atom is -0.370 e. The van der Waals surface area contributed by atoms with Gasteiger partial charge < -0.3 is 4.74 Å². The molecule has 1 saturated heterocycles. The maximum Gasteiger partial charge on any atom is 0.296 e. The Morgan fingerprint density at radius 2 is 2.11 bits per heavy atom. The summed E-state index contributed by atoms with van der Waals surface area (Å²) in [6.45, 7) is 6.42. The quantitative estimate of drug-likeness (QED) is 0.796. The van der Waals surface area contributed by atoms with Crippen LogP contribution in [0, 0.1) is 5.92 Å². The number of rotatable bonds is 3. The van der Waals surface area contributed by atoms with E-state index in [4.69, 9.17) is 15.4 Å². The van der Waals surface area contributed by atoms with Gasteiger partial charge >= 0.3 is 0 Å². The molecule has 2 heterocycles. The summed E-state index contributed by atoms with van der Waals surface area (Å²) in [5, 5.41) is 7.45. The molecular weight excluding hydrogens is 278 g/mol. The lowest BCUT2D eigenvalue weighted by atomic mass is 10.0. The number of hydrogen-bond donors (Lipinski definition) is 0. The Labute approximate surface area is 111 Å². The molecule has 1 aliphatic heterocycles. The van der Waals surface area contributed by atoms with E-state index in [0.29, 0.717) is 12.4 Å². The summed E-state index contributed by atoms with van der Waals surface area (Å²) in [6, 6.07) is -0.102. The summed E-state index contributed by atoms with van der Waals surface area (Å²) in [6.07, 6.45) is 0.713. The van der Waals surface area contributed by atoms with Gasteiger partial charge in [-0.3, -0.25) is 4.57 Å². The zero-order chi connectivity index (χ0) is 13.5. The van der Waals surface area contributed by atoms with E-state index in [1.54, 1.807) is 0 Å². The summed E-state index contributed by atoms with van der Waals surface area (Å²) in [4.78, 5) is 0. The van der Waals surface area contributed by atoms with Crippen molar-refractivity contribution in [3.05, 3.63) is 5.82 Å². The average Bonchev–Trinajstić information content (AvgIpc) is 2.80. The minimum atomic E-state index is -3.90. The van der Waals surface area contributed by atoms with Gasteiger partial charge in [0.15, 0.2) is 5.82 Å². The first-order chi connectivity index (χ1) is 8.32. The summed E-state index contributed by atoms with van der Waals surface area (Å²) in [5.41, 5.74) is 0. The summed E-state index contributed by atoms with van der Waals surface area (Å²) >= 11 is 0. The largest absolute Gasteiger partial charge is 0.370 e. The molecule has 0 aliphatic carbocycles. The Morgan fingerprint density at radius 3 is 2.56 bits per heavy atom. The van der Waals surface area contributed by atoms with E-state index in [1.807, 2.05) is 20.8 Å². The Balaban J connectivity index is 2.52. The predicted octanol–water partition coefficient (Wildman–Crippen LogP) is 1.88. The molecule has 0 bridgehead atoms. The Kier molecular flexibility index (Phi) is 3.66. The summed E-state index contributed by atoms with van der Waals surface area (Å²) in [5.74, 6) is 0.826. The zero-order valence-corrected chi connectivity index (χ0v) is 12.1. The van der Waals surface area contributed by atoms with Crippen molar-refractivity contribution in [1.29, 1.82) is 0 Å². The third-order valence-electron chi connectivity index (χ3n) is 3.07. The van der Waals surface area contributed by atoms with Crippen molar-refractivity contribution < 1.29 is 13.2 Å². The van der Waals surface area contributed by atoms with Gasteiger partial charge in [0.2, 0.25) is 0 Å². The van der Waals surface area contributed by atoms with E-state index in [0.717, 1.165) is 6.42 Å². The van der Waals surface area contributed by atoms with E-state index < -0.39 is 9.05 Å². The van der Waals surface area contributed by atoms with E-state index >= 15 is 0 Å². The molecule has 2 rings (SSSR count). The van der Waals surface area contributed by atoms with Crippen LogP contribution in [0.15, 0.2) is 5.16 Å². The van der Waals surface area contributed by atoms with Gasteiger partial charge in [0.25, 0.3) is 14.2 Å². The first-order valence-corrected chi connectivity index (χ1v) is 8.14. The molecule has 0 spiro atoms. The van der Waals surface area contributed by atoms with Gasteiger partial charge in [0.1, 0.15) is 6.10 Å². The van der Waals surface area contributed by atoms with E-state index in [9.17, 15) is 8.42 Å². The Bertz CT molecular complexity index is 541. The van der Waals surface area contributed by atoms with Gasteiger partial charge in [-0.1, -0.05) is 6.92 Å². The predicted molar refractivity (Wildman–Crippen MR) is 65.9 cm³/mol. The third-order valence-corrected chi connectivity index (χ3v) is 4.20. The monoisotopic (exact) mass is 293 g/mol. The molecule has 1 aromatic heterocycles. The first kappa shape index (κ1) is 13.8. The highest BCUT2D eigenvalue weighted by atomic mass is 35.7. The molecule has 1 aliphatic rings. The van der Waals surface area contributed by atoms with E-state index in [2.05, 4.69) is 10.2 Å². The molecule has 1 fully saturated rings. The third kappa shape index (κ3) is 2.39. The topological polar surface area (TPSA) is 74.1 Å². The second-order valence-electron chi connectivity index (χ2n) is 4.80. The Hall–Kier alpha value is -0.660. The molecule has 0 N–H and O–H groups in total. The maximum atomic E-state index is 11.5. The van der Waals surface area contributed by atoms with Crippen molar-refractivity contribution in [3.63, 3.8) is 0 Å². The molecule has 0 radical (unpaired) electrons. The SMILES string of the molecule is CC1CCOC1c1nnc(S(=O)(=O)Cl)n1C(C)C. The molecule has 2 atom stereocenters. The van der Waals surface area contributed by atoms with Crippen molar-refractivity contribution in [2.75, 3.05) is 6.61 Å². The fraction of sp³-hybridized carbons (Fsp3) is 0.800. The van der Waals surface area contributed by atoms with Crippen LogP contribution in [0.2, 0.25) is 0 Å². The standard InChI is InChI=1S/C10H16ClN3O3S/c1-6(2)14-9(8-7(3)4-5-17-8)12-13-10(14)18(11,15)16/h6-8H,4-5H2,1-3H3. The van der Waals surface area contributed by atoms with Gasteiger partial charge in [-0.2, -0.15) is 0 Å². The Morgan fingerprint density at radius 1 is 1.44 bits per heavy atom. The van der Waals surface area contributed by atoms with E-state index in [-0.39, 0.29) is 23.2 Å². The molecule has 2 unspecified atom stereocenters. The van der Waals surface area contributed by atoms with Crippen LogP contribution in [0.5, 0.6) is 0 Å². The molecule has 1 aromatic rings. The summed E-state index contributed by atoms with van der Waals surface area (Å²) in [7, 11) is 1.47. The molecule has 0 amide bonds. The fourth-order valence-electron chi connectivity index (χ4n) is 2.16. The number of hydrogen-bond acceptors (Lipinski definition) is 5. The van der Waals surface area contributed by atoms with E-state index in [1.165, 1.54) is 4.57 Å².